The maximum Gasteiger partial charge on any atom is 0.179 e. The van der Waals surface area contributed by atoms with Gasteiger partial charge in [0.25, 0.3) is 0 Å². The molecular weight excluding hydrogens is 306 g/mol. The summed E-state index contributed by atoms with van der Waals surface area (Å²) in [6, 6.07) is 3.82. The van der Waals surface area contributed by atoms with E-state index in [0.717, 1.165) is 11.1 Å². The molecule has 1 saturated heterocycles. The molecule has 0 saturated carbocycles. The van der Waals surface area contributed by atoms with Crippen LogP contribution < -0.4 is 0 Å². The molecule has 2 N–H and O–H groups in total. The average molecular weight is 327 g/mol. The van der Waals surface area contributed by atoms with E-state index in [1.54, 1.807) is 26.1 Å². The van der Waals surface area contributed by atoms with Crippen LogP contribution in [0, 0.1) is 11.3 Å². The van der Waals surface area contributed by atoms with Gasteiger partial charge in [0.05, 0.1) is 23.1 Å². The summed E-state index contributed by atoms with van der Waals surface area (Å²) >= 11 is 0. The lowest BCUT2D eigenvalue weighted by molar-refractivity contribution is -0.114. The molecule has 3 rings (SSSR count). The highest BCUT2D eigenvalue weighted by atomic mass is 16.3. The molecule has 2 heterocycles. The maximum absolute atomic E-state index is 12.4. The molecule has 2 aliphatic rings. The van der Waals surface area contributed by atoms with Gasteiger partial charge in [-0.3, -0.25) is 9.78 Å². The quantitative estimate of drug-likeness (QED) is 0.851. The van der Waals surface area contributed by atoms with Crippen LogP contribution in [0.15, 0.2) is 17.8 Å². The topological polar surface area (TPSA) is 97.5 Å². The number of hydrogen-bond donors (Lipinski definition) is 2. The van der Waals surface area contributed by atoms with Gasteiger partial charge in [-0.1, -0.05) is 0 Å². The van der Waals surface area contributed by atoms with Crippen LogP contribution in [0.25, 0.3) is 5.70 Å². The molecule has 0 amide bonds. The SMILES string of the molecule is CC(O)c1cc2c(cn1)CC(=O)C(C#N)=C2N1CCC(C)(O)CC1. The third-order valence-corrected chi connectivity index (χ3v) is 4.83. The number of aliphatic hydroxyl groups is 2. The Morgan fingerprint density at radius 3 is 2.67 bits per heavy atom. The van der Waals surface area contributed by atoms with Gasteiger partial charge in [-0.2, -0.15) is 5.26 Å². The van der Waals surface area contributed by atoms with Crippen LogP contribution in [0.2, 0.25) is 0 Å². The van der Waals surface area contributed by atoms with E-state index in [2.05, 4.69) is 11.1 Å². The van der Waals surface area contributed by atoms with Crippen LogP contribution in [-0.4, -0.2) is 44.6 Å². The Kier molecular flexibility index (Phi) is 4.16. The Morgan fingerprint density at radius 2 is 2.08 bits per heavy atom. The van der Waals surface area contributed by atoms with Crippen LogP contribution in [0.5, 0.6) is 0 Å². The number of Topliss-reactive ketones (excluding diaryl/α,β-unsaturated/α-hetero) is 1. The molecule has 24 heavy (non-hydrogen) atoms. The average Bonchev–Trinajstić information content (AvgIpc) is 2.53. The predicted molar refractivity (Wildman–Crippen MR) is 87.5 cm³/mol. The number of allylic oxidation sites excluding steroid dienone is 1. The summed E-state index contributed by atoms with van der Waals surface area (Å²) in [5.74, 6) is -0.205. The number of carbonyl (C=O) groups is 1. The van der Waals surface area contributed by atoms with Gasteiger partial charge in [0.15, 0.2) is 5.78 Å². The minimum atomic E-state index is -0.721. The number of nitriles is 1. The summed E-state index contributed by atoms with van der Waals surface area (Å²) in [6.45, 7) is 4.59. The number of aliphatic hydroxyl groups excluding tert-OH is 1. The molecule has 1 aliphatic carbocycles. The van der Waals surface area contributed by atoms with E-state index in [4.69, 9.17) is 0 Å². The molecule has 0 bridgehead atoms. The zero-order valence-electron chi connectivity index (χ0n) is 13.9. The minimum absolute atomic E-state index is 0.153. The smallest absolute Gasteiger partial charge is 0.179 e. The van der Waals surface area contributed by atoms with Crippen molar-refractivity contribution in [1.29, 1.82) is 5.26 Å². The predicted octanol–water partition coefficient (Wildman–Crippen LogP) is 1.34. The molecule has 6 nitrogen and oxygen atoms in total. The number of aromatic nitrogens is 1. The van der Waals surface area contributed by atoms with Crippen molar-refractivity contribution in [2.75, 3.05) is 13.1 Å². The molecule has 6 heteroatoms. The fourth-order valence-corrected chi connectivity index (χ4v) is 3.27. The van der Waals surface area contributed by atoms with Gasteiger partial charge in [0, 0.05) is 31.3 Å². The van der Waals surface area contributed by atoms with Crippen molar-refractivity contribution in [3.05, 3.63) is 34.7 Å². The van der Waals surface area contributed by atoms with Crippen molar-refractivity contribution in [3.8, 4) is 6.07 Å². The second-order valence-corrected chi connectivity index (χ2v) is 6.86. The van der Waals surface area contributed by atoms with Gasteiger partial charge in [-0.05, 0) is 38.3 Å². The van der Waals surface area contributed by atoms with E-state index >= 15 is 0 Å². The Balaban J connectivity index is 2.09. The van der Waals surface area contributed by atoms with Crippen molar-refractivity contribution in [1.82, 2.24) is 9.88 Å². The number of piperidine rings is 1. The van der Waals surface area contributed by atoms with Gasteiger partial charge >= 0.3 is 0 Å². The number of nitrogens with zero attached hydrogens (tertiary/aromatic N) is 3. The number of likely N-dealkylation sites (tertiary alicyclic amines) is 1. The van der Waals surface area contributed by atoms with Crippen LogP contribution in [0.4, 0.5) is 0 Å². The lowest BCUT2D eigenvalue weighted by Crippen LogP contribution is -2.42. The number of rotatable bonds is 2. The third-order valence-electron chi connectivity index (χ3n) is 4.83. The summed E-state index contributed by atoms with van der Waals surface area (Å²) in [7, 11) is 0. The van der Waals surface area contributed by atoms with Crippen molar-refractivity contribution in [2.24, 2.45) is 0 Å². The number of fused-ring (bicyclic) bond motifs is 1. The molecule has 0 aromatic carbocycles. The first-order valence-corrected chi connectivity index (χ1v) is 8.14. The van der Waals surface area contributed by atoms with Crippen LogP contribution in [0.3, 0.4) is 0 Å². The number of ketones is 1. The van der Waals surface area contributed by atoms with Crippen molar-refractivity contribution >= 4 is 11.5 Å². The molecular formula is C18H21N3O3. The molecule has 1 fully saturated rings. The summed E-state index contributed by atoms with van der Waals surface area (Å²) in [6.07, 6.45) is 2.20. The highest BCUT2D eigenvalue weighted by Gasteiger charge is 2.34. The molecule has 0 spiro atoms. The van der Waals surface area contributed by atoms with E-state index in [1.165, 1.54) is 0 Å². The number of pyridine rings is 1. The van der Waals surface area contributed by atoms with E-state index in [0.29, 0.717) is 37.3 Å². The van der Waals surface area contributed by atoms with Crippen molar-refractivity contribution in [3.63, 3.8) is 0 Å². The number of hydrogen-bond acceptors (Lipinski definition) is 6. The summed E-state index contributed by atoms with van der Waals surface area (Å²) in [5, 5.41) is 29.5. The third kappa shape index (κ3) is 2.93. The highest BCUT2D eigenvalue weighted by molar-refractivity contribution is 6.09. The molecule has 0 radical (unpaired) electrons. The van der Waals surface area contributed by atoms with E-state index in [-0.39, 0.29) is 17.8 Å². The molecule has 1 aromatic heterocycles. The molecule has 1 atom stereocenters. The lowest BCUT2D eigenvalue weighted by atomic mass is 9.86. The normalized spacial score (nSPS) is 21.3. The van der Waals surface area contributed by atoms with Crippen LogP contribution >= 0.6 is 0 Å². The molecule has 1 aliphatic heterocycles. The highest BCUT2D eigenvalue weighted by Crippen LogP contribution is 2.36. The zero-order chi connectivity index (χ0) is 17.5. The van der Waals surface area contributed by atoms with Crippen LogP contribution in [0.1, 0.15) is 49.6 Å². The first-order valence-electron chi connectivity index (χ1n) is 8.14. The fourth-order valence-electron chi connectivity index (χ4n) is 3.27. The molecule has 1 unspecified atom stereocenters. The Morgan fingerprint density at radius 1 is 1.42 bits per heavy atom. The van der Waals surface area contributed by atoms with Crippen molar-refractivity contribution in [2.45, 2.75) is 44.8 Å². The number of carbonyl (C=O) groups excluding carboxylic acids is 1. The molecule has 126 valence electrons. The minimum Gasteiger partial charge on any atom is -0.390 e. The first kappa shape index (κ1) is 16.6. The van der Waals surface area contributed by atoms with E-state index < -0.39 is 11.7 Å². The Bertz CT molecular complexity index is 749. The van der Waals surface area contributed by atoms with Crippen molar-refractivity contribution < 1.29 is 15.0 Å². The summed E-state index contributed by atoms with van der Waals surface area (Å²) in [4.78, 5) is 18.6. The standard InChI is InChI=1S/C18H21N3O3/c1-11(22)15-8-13-12(10-20-15)7-16(23)14(9-19)17(13)21-5-3-18(2,24)4-6-21/h8,10-11,22,24H,3-7H2,1-2H3. The lowest BCUT2D eigenvalue weighted by Gasteiger charge is -2.40. The van der Waals surface area contributed by atoms with E-state index in [1.807, 2.05) is 4.90 Å². The second kappa shape index (κ2) is 6.00. The first-order chi connectivity index (χ1) is 11.3. The second-order valence-electron chi connectivity index (χ2n) is 6.86. The maximum atomic E-state index is 12.4. The van der Waals surface area contributed by atoms with Gasteiger partial charge in [-0.15, -0.1) is 0 Å². The Hall–Kier alpha value is -2.23. The zero-order valence-corrected chi connectivity index (χ0v) is 13.9. The van der Waals surface area contributed by atoms with Gasteiger partial charge < -0.3 is 15.1 Å². The van der Waals surface area contributed by atoms with E-state index in [9.17, 15) is 20.3 Å². The monoisotopic (exact) mass is 327 g/mol. The van der Waals surface area contributed by atoms with Gasteiger partial charge in [0.2, 0.25) is 0 Å². The van der Waals surface area contributed by atoms with Gasteiger partial charge in [0.1, 0.15) is 11.6 Å². The van der Waals surface area contributed by atoms with Crippen LogP contribution in [-0.2, 0) is 11.2 Å². The fraction of sp³-hybridized carbons (Fsp3) is 0.500. The largest absolute Gasteiger partial charge is 0.390 e. The van der Waals surface area contributed by atoms with Gasteiger partial charge in [-0.25, -0.2) is 0 Å². The Labute approximate surface area is 141 Å². The summed E-state index contributed by atoms with van der Waals surface area (Å²) < 4.78 is 0. The molecule has 1 aromatic rings. The summed E-state index contributed by atoms with van der Waals surface area (Å²) in [5.41, 5.74) is 2.14.